The molecule has 0 saturated carbocycles. The first-order chi connectivity index (χ1) is 10.4. The Morgan fingerprint density at radius 3 is 2.86 bits per heavy atom. The molecule has 2 aromatic heterocycles. The van der Waals surface area contributed by atoms with Gasteiger partial charge in [-0.25, -0.2) is 9.78 Å². The van der Waals surface area contributed by atoms with Crippen LogP contribution >= 0.6 is 15.9 Å². The van der Waals surface area contributed by atoms with Crippen LogP contribution in [0.2, 0.25) is 0 Å². The average molecular weight is 378 g/mol. The molecule has 0 radical (unpaired) electrons. The number of halogens is 4. The Hall–Kier alpha value is -1.61. The number of pyridine rings is 1. The number of carbonyl (C=O) groups is 1. The lowest BCUT2D eigenvalue weighted by Crippen LogP contribution is -2.34. The Morgan fingerprint density at radius 1 is 1.45 bits per heavy atom. The van der Waals surface area contributed by atoms with E-state index in [4.69, 9.17) is 0 Å². The maximum atomic E-state index is 12.5. The number of nitrogens with zero attached hydrogens (tertiary/aromatic N) is 2. The molecule has 0 aliphatic carbocycles. The molecule has 1 saturated heterocycles. The van der Waals surface area contributed by atoms with E-state index in [-0.39, 0.29) is 6.04 Å². The third kappa shape index (κ3) is 2.82. The van der Waals surface area contributed by atoms with Crippen molar-refractivity contribution >= 4 is 32.8 Å². The summed E-state index contributed by atoms with van der Waals surface area (Å²) in [5, 5.41) is 3.77. The number of aromatic nitrogens is 2. The van der Waals surface area contributed by atoms with Gasteiger partial charge in [0.2, 0.25) is 0 Å². The summed E-state index contributed by atoms with van der Waals surface area (Å²) in [5.74, 6) is -2.25. The van der Waals surface area contributed by atoms with Crippen molar-refractivity contribution in [1.82, 2.24) is 15.0 Å². The van der Waals surface area contributed by atoms with Gasteiger partial charge in [0.1, 0.15) is 4.60 Å². The van der Waals surface area contributed by atoms with E-state index >= 15 is 0 Å². The Kier molecular flexibility index (Phi) is 3.85. The Balaban J connectivity index is 2.09. The van der Waals surface area contributed by atoms with E-state index in [1.54, 1.807) is 6.07 Å². The molecule has 3 heterocycles. The molecule has 22 heavy (non-hydrogen) atoms. The zero-order chi connectivity index (χ0) is 15.9. The van der Waals surface area contributed by atoms with Crippen LogP contribution in [-0.4, -0.2) is 28.4 Å². The van der Waals surface area contributed by atoms with Gasteiger partial charge in [-0.1, -0.05) is 0 Å². The molecule has 0 amide bonds. The average Bonchev–Trinajstić information content (AvgIpc) is 3.06. The van der Waals surface area contributed by atoms with E-state index in [2.05, 4.69) is 31.1 Å². The van der Waals surface area contributed by atoms with Gasteiger partial charge in [0.15, 0.2) is 0 Å². The number of rotatable bonds is 2. The fourth-order valence-corrected chi connectivity index (χ4v) is 2.81. The molecular weight excluding hydrogens is 367 g/mol. The highest BCUT2D eigenvalue weighted by atomic mass is 79.9. The van der Waals surface area contributed by atoms with E-state index < -0.39 is 12.1 Å². The standard InChI is InChI=1S/C13H11BrF3N3O2/c14-11-5-9-7(6-19-11)4-10(8-2-1-3-18-8)20(9)22-12(21)13(15,16)17/h4-6,8,18H,1-3H2. The number of fused-ring (bicyclic) bond motifs is 1. The van der Waals surface area contributed by atoms with Crippen molar-refractivity contribution in [1.29, 1.82) is 0 Å². The predicted octanol–water partition coefficient (Wildman–Crippen LogP) is 2.74. The van der Waals surface area contributed by atoms with E-state index in [1.807, 2.05) is 0 Å². The summed E-state index contributed by atoms with van der Waals surface area (Å²) in [6.07, 6.45) is -1.88. The number of nitrogens with one attached hydrogen (secondary N) is 1. The van der Waals surface area contributed by atoms with E-state index in [1.165, 1.54) is 12.3 Å². The van der Waals surface area contributed by atoms with Crippen LogP contribution in [0.4, 0.5) is 13.2 Å². The van der Waals surface area contributed by atoms with Gasteiger partial charge in [-0.3, -0.25) is 0 Å². The smallest absolute Gasteiger partial charge is 0.327 e. The first kappa shape index (κ1) is 15.3. The fourth-order valence-electron chi connectivity index (χ4n) is 2.49. The SMILES string of the molecule is O=C(On1c(C2CCCN2)cc2cnc(Br)cc21)C(F)(F)F. The second-order valence-corrected chi connectivity index (χ2v) is 5.77. The summed E-state index contributed by atoms with van der Waals surface area (Å²) >= 11 is 3.16. The van der Waals surface area contributed by atoms with Gasteiger partial charge in [0.05, 0.1) is 17.3 Å². The van der Waals surface area contributed by atoms with Crippen LogP contribution in [0, 0.1) is 0 Å². The van der Waals surface area contributed by atoms with Gasteiger partial charge in [-0.15, -0.1) is 0 Å². The molecule has 1 N–H and O–H groups in total. The summed E-state index contributed by atoms with van der Waals surface area (Å²) in [5.41, 5.74) is 0.827. The Morgan fingerprint density at radius 2 is 2.23 bits per heavy atom. The summed E-state index contributed by atoms with van der Waals surface area (Å²) in [7, 11) is 0. The second-order valence-electron chi connectivity index (χ2n) is 4.95. The van der Waals surface area contributed by atoms with E-state index in [0.717, 1.165) is 24.1 Å². The van der Waals surface area contributed by atoms with E-state index in [0.29, 0.717) is 21.2 Å². The number of carbonyl (C=O) groups excluding carboxylic acids is 1. The summed E-state index contributed by atoms with van der Waals surface area (Å²) in [6, 6.07) is 3.03. The van der Waals surface area contributed by atoms with Gasteiger partial charge in [0, 0.05) is 11.6 Å². The molecule has 0 bridgehead atoms. The first-order valence-corrected chi connectivity index (χ1v) is 7.35. The van der Waals surface area contributed by atoms with Crippen molar-refractivity contribution in [2.24, 2.45) is 0 Å². The highest BCUT2D eigenvalue weighted by Gasteiger charge is 2.42. The predicted molar refractivity (Wildman–Crippen MR) is 75.1 cm³/mol. The monoisotopic (exact) mass is 377 g/mol. The largest absolute Gasteiger partial charge is 0.493 e. The van der Waals surface area contributed by atoms with Gasteiger partial charge in [0.25, 0.3) is 0 Å². The molecular formula is C13H11BrF3N3O2. The maximum absolute atomic E-state index is 12.5. The van der Waals surface area contributed by atoms with Crippen LogP contribution < -0.4 is 10.2 Å². The van der Waals surface area contributed by atoms with Crippen LogP contribution in [0.25, 0.3) is 10.9 Å². The lowest BCUT2D eigenvalue weighted by molar-refractivity contribution is -0.199. The minimum absolute atomic E-state index is 0.160. The number of hydrogen-bond donors (Lipinski definition) is 1. The minimum atomic E-state index is -5.05. The molecule has 1 unspecified atom stereocenters. The minimum Gasteiger partial charge on any atom is -0.327 e. The molecule has 2 aromatic rings. The fraction of sp³-hybridized carbons (Fsp3) is 0.385. The van der Waals surface area contributed by atoms with Crippen molar-refractivity contribution in [2.45, 2.75) is 25.1 Å². The topological polar surface area (TPSA) is 56.1 Å². The molecule has 1 aliphatic heterocycles. The second kappa shape index (κ2) is 5.54. The zero-order valence-electron chi connectivity index (χ0n) is 11.2. The van der Waals surface area contributed by atoms with E-state index in [9.17, 15) is 18.0 Å². The molecule has 118 valence electrons. The first-order valence-electron chi connectivity index (χ1n) is 6.56. The molecule has 1 atom stereocenters. The summed E-state index contributed by atoms with van der Waals surface area (Å²) in [4.78, 5) is 19.8. The lowest BCUT2D eigenvalue weighted by atomic mass is 10.1. The molecule has 5 nitrogen and oxygen atoms in total. The number of hydrogen-bond acceptors (Lipinski definition) is 4. The molecule has 3 rings (SSSR count). The maximum Gasteiger partial charge on any atom is 0.493 e. The molecule has 1 aliphatic rings. The quantitative estimate of drug-likeness (QED) is 0.817. The van der Waals surface area contributed by atoms with Gasteiger partial charge >= 0.3 is 12.1 Å². The van der Waals surface area contributed by atoms with Crippen molar-refractivity contribution in [3.8, 4) is 0 Å². The molecule has 1 fully saturated rings. The van der Waals surface area contributed by atoms with Crippen LogP contribution in [0.5, 0.6) is 0 Å². The molecule has 0 spiro atoms. The lowest BCUT2D eigenvalue weighted by Gasteiger charge is -2.15. The third-order valence-electron chi connectivity index (χ3n) is 3.46. The Bertz CT molecular complexity index is 723. The van der Waals surface area contributed by atoms with Crippen LogP contribution in [0.3, 0.4) is 0 Å². The molecule has 0 aromatic carbocycles. The normalized spacial score (nSPS) is 18.8. The highest BCUT2D eigenvalue weighted by molar-refractivity contribution is 9.10. The Labute approximate surface area is 131 Å². The van der Waals surface area contributed by atoms with Gasteiger partial charge in [-0.2, -0.15) is 17.9 Å². The summed E-state index contributed by atoms with van der Waals surface area (Å²) in [6.45, 7) is 0.765. The van der Waals surface area contributed by atoms with Gasteiger partial charge < -0.3 is 10.2 Å². The van der Waals surface area contributed by atoms with Crippen molar-refractivity contribution in [2.75, 3.05) is 6.54 Å². The third-order valence-corrected chi connectivity index (χ3v) is 3.89. The van der Waals surface area contributed by atoms with Gasteiger partial charge in [-0.05, 0) is 47.4 Å². The molecule has 9 heteroatoms. The zero-order valence-corrected chi connectivity index (χ0v) is 12.7. The van der Waals surface area contributed by atoms with Crippen LogP contribution in [-0.2, 0) is 4.79 Å². The highest BCUT2D eigenvalue weighted by Crippen LogP contribution is 2.30. The van der Waals surface area contributed by atoms with Crippen LogP contribution in [0.15, 0.2) is 22.9 Å². The number of alkyl halides is 3. The van der Waals surface area contributed by atoms with Crippen molar-refractivity contribution in [3.05, 3.63) is 28.6 Å². The van der Waals surface area contributed by atoms with Crippen molar-refractivity contribution in [3.63, 3.8) is 0 Å². The van der Waals surface area contributed by atoms with Crippen molar-refractivity contribution < 1.29 is 22.8 Å². The van der Waals surface area contributed by atoms with Crippen LogP contribution in [0.1, 0.15) is 24.6 Å². The summed E-state index contributed by atoms with van der Waals surface area (Å²) < 4.78 is 38.9.